The van der Waals surface area contributed by atoms with E-state index in [4.69, 9.17) is 12.2 Å². The molecule has 0 aromatic heterocycles. The molecular formula is C17H23NOS2. The lowest BCUT2D eigenvalue weighted by Gasteiger charge is -2.22. The number of hydrogen-bond donors (Lipinski definition) is 0. The van der Waals surface area contributed by atoms with E-state index in [1.165, 1.54) is 37.4 Å². The van der Waals surface area contributed by atoms with Crippen LogP contribution in [0.25, 0.3) is 0 Å². The fourth-order valence-corrected chi connectivity index (χ4v) is 3.72. The molecule has 1 heterocycles. The minimum atomic E-state index is 0.179. The number of benzene rings is 1. The lowest BCUT2D eigenvalue weighted by atomic mass is 10.0. The summed E-state index contributed by atoms with van der Waals surface area (Å²) in [6.45, 7) is 6.10. The van der Waals surface area contributed by atoms with Gasteiger partial charge in [0.15, 0.2) is 5.78 Å². The number of ketones is 1. The van der Waals surface area contributed by atoms with Gasteiger partial charge in [-0.2, -0.15) is 0 Å². The Labute approximate surface area is 137 Å². The van der Waals surface area contributed by atoms with Gasteiger partial charge in [-0.3, -0.25) is 4.79 Å². The van der Waals surface area contributed by atoms with Crippen molar-refractivity contribution in [2.24, 2.45) is 0 Å². The molecule has 1 saturated heterocycles. The van der Waals surface area contributed by atoms with E-state index >= 15 is 0 Å². The van der Waals surface area contributed by atoms with Gasteiger partial charge in [-0.15, -0.1) is 0 Å². The molecule has 1 fully saturated rings. The Morgan fingerprint density at radius 2 is 1.86 bits per heavy atom. The average molecular weight is 322 g/mol. The smallest absolute Gasteiger partial charge is 0.173 e. The van der Waals surface area contributed by atoms with E-state index < -0.39 is 0 Å². The number of nitrogens with zero attached hydrogens (tertiary/aromatic N) is 1. The maximum Gasteiger partial charge on any atom is 0.173 e. The maximum atomic E-state index is 12.4. The molecule has 0 spiro atoms. The van der Waals surface area contributed by atoms with Crippen LogP contribution in [0.5, 0.6) is 0 Å². The third kappa shape index (κ3) is 4.82. The lowest BCUT2D eigenvalue weighted by molar-refractivity contribution is 0.102. The molecule has 21 heavy (non-hydrogen) atoms. The highest BCUT2D eigenvalue weighted by atomic mass is 32.2. The van der Waals surface area contributed by atoms with Gasteiger partial charge in [0.05, 0.1) is 5.75 Å². The fraction of sp³-hybridized carbons (Fsp3) is 0.529. The van der Waals surface area contributed by atoms with Gasteiger partial charge in [0.2, 0.25) is 0 Å². The summed E-state index contributed by atoms with van der Waals surface area (Å²) in [6.07, 6.45) is 5.02. The fourth-order valence-electron chi connectivity index (χ4n) is 2.59. The van der Waals surface area contributed by atoms with Crippen LogP contribution in [0.15, 0.2) is 18.2 Å². The summed E-state index contributed by atoms with van der Waals surface area (Å²) in [5.41, 5.74) is 3.01. The van der Waals surface area contributed by atoms with Crippen molar-refractivity contribution in [3.63, 3.8) is 0 Å². The number of thiocarbonyl (C=S) groups is 1. The van der Waals surface area contributed by atoms with Crippen molar-refractivity contribution in [3.05, 3.63) is 34.9 Å². The molecule has 0 unspecified atom stereocenters. The van der Waals surface area contributed by atoms with Crippen LogP contribution in [0, 0.1) is 13.8 Å². The second-order valence-electron chi connectivity index (χ2n) is 5.70. The van der Waals surface area contributed by atoms with Gasteiger partial charge >= 0.3 is 0 Å². The third-order valence-corrected chi connectivity index (χ3v) is 5.41. The first-order chi connectivity index (χ1) is 10.1. The molecule has 4 heteroatoms. The number of rotatable bonds is 3. The van der Waals surface area contributed by atoms with Crippen LogP contribution in [-0.2, 0) is 0 Å². The predicted octanol–water partition coefficient (Wildman–Crippen LogP) is 4.38. The summed E-state index contributed by atoms with van der Waals surface area (Å²) in [4.78, 5) is 14.6. The summed E-state index contributed by atoms with van der Waals surface area (Å²) in [5, 5.41) is 0. The quantitative estimate of drug-likeness (QED) is 0.608. The summed E-state index contributed by atoms with van der Waals surface area (Å²) in [6, 6.07) is 6.04. The third-order valence-electron chi connectivity index (χ3n) is 3.88. The standard InChI is InChI=1S/C17H23NOS2/c1-13-7-8-14(2)15(11-13)16(19)12-21-17(20)18-9-5-3-4-6-10-18/h7-8,11H,3-6,9-10,12H2,1-2H3. The van der Waals surface area contributed by atoms with Gasteiger partial charge < -0.3 is 4.90 Å². The Morgan fingerprint density at radius 3 is 2.52 bits per heavy atom. The van der Waals surface area contributed by atoms with Crippen LogP contribution < -0.4 is 0 Å². The number of aryl methyl sites for hydroxylation is 2. The molecule has 1 aliphatic heterocycles. The molecule has 0 saturated carbocycles. The van der Waals surface area contributed by atoms with Crippen molar-refractivity contribution < 1.29 is 4.79 Å². The van der Waals surface area contributed by atoms with E-state index in [2.05, 4.69) is 4.90 Å². The van der Waals surface area contributed by atoms with Crippen molar-refractivity contribution in [1.29, 1.82) is 0 Å². The second-order valence-corrected chi connectivity index (χ2v) is 7.31. The van der Waals surface area contributed by atoms with Crippen LogP contribution >= 0.6 is 24.0 Å². The van der Waals surface area contributed by atoms with Crippen LogP contribution in [0.2, 0.25) is 0 Å². The highest BCUT2D eigenvalue weighted by Crippen LogP contribution is 2.19. The maximum absolute atomic E-state index is 12.4. The van der Waals surface area contributed by atoms with Gasteiger partial charge in [0, 0.05) is 18.7 Å². The summed E-state index contributed by atoms with van der Waals surface area (Å²) in [5.74, 6) is 0.623. The number of hydrogen-bond acceptors (Lipinski definition) is 3. The normalized spacial score (nSPS) is 15.6. The molecule has 0 bridgehead atoms. The SMILES string of the molecule is Cc1ccc(C)c(C(=O)CSC(=S)N2CCCCCC2)c1. The topological polar surface area (TPSA) is 20.3 Å². The van der Waals surface area contributed by atoms with Crippen LogP contribution in [0.4, 0.5) is 0 Å². The van der Waals surface area contributed by atoms with Gasteiger partial charge in [-0.05, 0) is 38.3 Å². The summed E-state index contributed by atoms with van der Waals surface area (Å²) < 4.78 is 0.885. The molecule has 2 rings (SSSR count). The van der Waals surface area contributed by atoms with Crippen LogP contribution in [-0.4, -0.2) is 33.8 Å². The Bertz CT molecular complexity index is 520. The van der Waals surface area contributed by atoms with Crippen molar-refractivity contribution in [1.82, 2.24) is 4.90 Å². The van der Waals surface area contributed by atoms with Gasteiger partial charge in [-0.1, -0.05) is 54.5 Å². The zero-order valence-corrected chi connectivity index (χ0v) is 14.5. The Kier molecular flexibility index (Phi) is 6.24. The number of Topliss-reactive ketones (excluding diaryl/α,β-unsaturated/α-hetero) is 1. The molecule has 1 aromatic carbocycles. The highest BCUT2D eigenvalue weighted by molar-refractivity contribution is 8.23. The molecule has 0 amide bonds. The monoisotopic (exact) mass is 321 g/mol. The highest BCUT2D eigenvalue weighted by Gasteiger charge is 2.15. The molecule has 114 valence electrons. The van der Waals surface area contributed by atoms with E-state index in [9.17, 15) is 4.79 Å². The number of likely N-dealkylation sites (tertiary alicyclic amines) is 1. The van der Waals surface area contributed by atoms with E-state index in [-0.39, 0.29) is 5.78 Å². The van der Waals surface area contributed by atoms with Crippen molar-refractivity contribution in [3.8, 4) is 0 Å². The Hall–Kier alpha value is -0.870. The average Bonchev–Trinajstić information content (AvgIpc) is 2.76. The largest absolute Gasteiger partial charge is 0.358 e. The first-order valence-electron chi connectivity index (χ1n) is 7.60. The van der Waals surface area contributed by atoms with Crippen molar-refractivity contribution in [2.45, 2.75) is 39.5 Å². The van der Waals surface area contributed by atoms with E-state index in [1.54, 1.807) is 0 Å². The summed E-state index contributed by atoms with van der Waals surface area (Å²) >= 11 is 7.02. The van der Waals surface area contributed by atoms with Gasteiger partial charge in [-0.25, -0.2) is 0 Å². The summed E-state index contributed by atoms with van der Waals surface area (Å²) in [7, 11) is 0. The van der Waals surface area contributed by atoms with E-state index in [0.29, 0.717) is 5.75 Å². The predicted molar refractivity (Wildman–Crippen MR) is 95.3 cm³/mol. The zero-order valence-electron chi connectivity index (χ0n) is 12.9. The molecule has 1 aromatic rings. The van der Waals surface area contributed by atoms with E-state index in [1.807, 2.05) is 32.0 Å². The molecule has 0 atom stereocenters. The van der Waals surface area contributed by atoms with Crippen molar-refractivity contribution >= 4 is 34.1 Å². The Balaban J connectivity index is 1.91. The number of carbonyl (C=O) groups excluding carboxylic acids is 1. The van der Waals surface area contributed by atoms with Crippen molar-refractivity contribution in [2.75, 3.05) is 18.8 Å². The molecule has 2 nitrogen and oxygen atoms in total. The first-order valence-corrected chi connectivity index (χ1v) is 8.99. The second kappa shape index (κ2) is 7.95. The zero-order chi connectivity index (χ0) is 15.2. The Morgan fingerprint density at radius 1 is 1.19 bits per heavy atom. The first kappa shape index (κ1) is 16.5. The molecule has 1 aliphatic rings. The van der Waals surface area contributed by atoms with Gasteiger partial charge in [0.1, 0.15) is 4.32 Å². The molecule has 0 N–H and O–H groups in total. The minimum Gasteiger partial charge on any atom is -0.358 e. The number of carbonyl (C=O) groups is 1. The van der Waals surface area contributed by atoms with Crippen LogP contribution in [0.3, 0.4) is 0 Å². The minimum absolute atomic E-state index is 0.179. The lowest BCUT2D eigenvalue weighted by Crippen LogP contribution is -2.29. The van der Waals surface area contributed by atoms with Crippen LogP contribution in [0.1, 0.15) is 47.2 Å². The molecule has 0 radical (unpaired) electrons. The van der Waals surface area contributed by atoms with Gasteiger partial charge in [0.25, 0.3) is 0 Å². The molecule has 0 aliphatic carbocycles. The number of thioether (sulfide) groups is 1. The van der Waals surface area contributed by atoms with E-state index in [0.717, 1.165) is 34.1 Å². The molecular weight excluding hydrogens is 298 g/mol.